The molecule has 0 saturated heterocycles. The highest BCUT2D eigenvalue weighted by atomic mass is 16.2. The molecule has 0 spiro atoms. The van der Waals surface area contributed by atoms with Crippen molar-refractivity contribution in [3.63, 3.8) is 0 Å². The summed E-state index contributed by atoms with van der Waals surface area (Å²) in [5.74, 6) is 1.48. The van der Waals surface area contributed by atoms with Crippen molar-refractivity contribution in [1.82, 2.24) is 19.8 Å². The number of rotatable bonds is 10. The Kier molecular flexibility index (Phi) is 7.95. The summed E-state index contributed by atoms with van der Waals surface area (Å²) in [6.45, 7) is 4.21. The lowest BCUT2D eigenvalue weighted by Gasteiger charge is -2.21. The van der Waals surface area contributed by atoms with Crippen LogP contribution in [0.2, 0.25) is 0 Å². The van der Waals surface area contributed by atoms with Crippen LogP contribution in [0.15, 0.2) is 54.6 Å². The number of anilines is 1. The van der Waals surface area contributed by atoms with Crippen molar-refractivity contribution >= 4 is 22.6 Å². The molecule has 6 nitrogen and oxygen atoms in total. The van der Waals surface area contributed by atoms with E-state index >= 15 is 0 Å². The highest BCUT2D eigenvalue weighted by Gasteiger charge is 2.19. The Morgan fingerprint density at radius 1 is 1.00 bits per heavy atom. The third-order valence-corrected chi connectivity index (χ3v) is 5.29. The summed E-state index contributed by atoms with van der Waals surface area (Å²) in [7, 11) is 5.97. The summed E-state index contributed by atoms with van der Waals surface area (Å²) in [5.41, 5.74) is 2.06. The molecule has 0 bridgehead atoms. The van der Waals surface area contributed by atoms with Gasteiger partial charge in [-0.2, -0.15) is 0 Å². The number of carbonyl (C=O) groups is 1. The fourth-order valence-electron chi connectivity index (χ4n) is 3.65. The SMILES string of the molecule is CC(Cc1ccccc1)C(=O)N(C)Cc1nc(NCCCN(C)C)c2ccccc2n1. The number of fused-ring (bicyclic) bond motifs is 1. The minimum atomic E-state index is -0.100. The summed E-state index contributed by atoms with van der Waals surface area (Å²) in [4.78, 5) is 26.3. The third-order valence-electron chi connectivity index (χ3n) is 5.29. The van der Waals surface area contributed by atoms with Crippen LogP contribution in [0, 0.1) is 5.92 Å². The van der Waals surface area contributed by atoms with Crippen molar-refractivity contribution < 1.29 is 4.79 Å². The second-order valence-corrected chi connectivity index (χ2v) is 8.37. The first-order valence-electron chi connectivity index (χ1n) is 10.9. The summed E-state index contributed by atoms with van der Waals surface area (Å²) in [5, 5.41) is 4.46. The van der Waals surface area contributed by atoms with Gasteiger partial charge in [0.2, 0.25) is 5.91 Å². The van der Waals surface area contributed by atoms with Gasteiger partial charge in [-0.3, -0.25) is 4.79 Å². The van der Waals surface area contributed by atoms with E-state index in [0.29, 0.717) is 12.4 Å². The molecule has 1 unspecified atom stereocenters. The lowest BCUT2D eigenvalue weighted by atomic mass is 10.00. The molecule has 1 amide bonds. The molecule has 1 N–H and O–H groups in total. The number of carbonyl (C=O) groups excluding carboxylic acids is 1. The van der Waals surface area contributed by atoms with Crippen molar-refractivity contribution in [2.75, 3.05) is 39.5 Å². The summed E-state index contributed by atoms with van der Waals surface area (Å²) < 4.78 is 0. The Labute approximate surface area is 185 Å². The van der Waals surface area contributed by atoms with Gasteiger partial charge in [-0.05, 0) is 51.2 Å². The van der Waals surface area contributed by atoms with Crippen molar-refractivity contribution in [2.45, 2.75) is 26.3 Å². The van der Waals surface area contributed by atoms with Crippen LogP contribution in [0.1, 0.15) is 24.7 Å². The second-order valence-electron chi connectivity index (χ2n) is 8.37. The molecule has 1 aromatic heterocycles. The summed E-state index contributed by atoms with van der Waals surface area (Å²) >= 11 is 0. The van der Waals surface area contributed by atoms with Gasteiger partial charge in [-0.25, -0.2) is 9.97 Å². The molecule has 6 heteroatoms. The number of aromatic nitrogens is 2. The average Bonchev–Trinajstić information content (AvgIpc) is 2.76. The smallest absolute Gasteiger partial charge is 0.225 e. The Morgan fingerprint density at radius 2 is 1.71 bits per heavy atom. The van der Waals surface area contributed by atoms with Crippen LogP contribution in [0.3, 0.4) is 0 Å². The fourth-order valence-corrected chi connectivity index (χ4v) is 3.65. The maximum absolute atomic E-state index is 12.9. The molecule has 0 saturated carbocycles. The first-order valence-corrected chi connectivity index (χ1v) is 10.9. The van der Waals surface area contributed by atoms with Crippen LogP contribution in [0.5, 0.6) is 0 Å². The van der Waals surface area contributed by atoms with Gasteiger partial charge in [-0.15, -0.1) is 0 Å². The Hall–Kier alpha value is -2.99. The molecule has 2 aromatic carbocycles. The highest BCUT2D eigenvalue weighted by molar-refractivity contribution is 5.89. The van der Waals surface area contributed by atoms with Gasteiger partial charge in [0.15, 0.2) is 5.82 Å². The van der Waals surface area contributed by atoms with Gasteiger partial charge in [0.1, 0.15) is 5.82 Å². The number of para-hydroxylation sites is 1. The van der Waals surface area contributed by atoms with Gasteiger partial charge in [0.25, 0.3) is 0 Å². The van der Waals surface area contributed by atoms with E-state index in [4.69, 9.17) is 9.97 Å². The van der Waals surface area contributed by atoms with Crippen molar-refractivity contribution in [2.24, 2.45) is 5.92 Å². The topological polar surface area (TPSA) is 61.4 Å². The number of nitrogens with one attached hydrogen (secondary N) is 1. The third kappa shape index (κ3) is 6.49. The molecule has 0 aliphatic heterocycles. The van der Waals surface area contributed by atoms with Crippen LogP contribution in [0.4, 0.5) is 5.82 Å². The average molecular weight is 420 g/mol. The summed E-state index contributed by atoms with van der Waals surface area (Å²) in [6.07, 6.45) is 1.75. The van der Waals surface area contributed by atoms with E-state index in [1.807, 2.05) is 56.4 Å². The molecular weight excluding hydrogens is 386 g/mol. The number of benzene rings is 2. The fraction of sp³-hybridized carbons (Fsp3) is 0.400. The van der Waals surface area contributed by atoms with E-state index in [0.717, 1.165) is 42.7 Å². The molecule has 31 heavy (non-hydrogen) atoms. The van der Waals surface area contributed by atoms with Crippen LogP contribution in [-0.4, -0.2) is 59.9 Å². The highest BCUT2D eigenvalue weighted by Crippen LogP contribution is 2.21. The number of hydrogen-bond donors (Lipinski definition) is 1. The maximum Gasteiger partial charge on any atom is 0.225 e. The quantitative estimate of drug-likeness (QED) is 0.506. The van der Waals surface area contributed by atoms with E-state index < -0.39 is 0 Å². The summed E-state index contributed by atoms with van der Waals surface area (Å²) in [6, 6.07) is 18.1. The van der Waals surface area contributed by atoms with Crippen LogP contribution < -0.4 is 5.32 Å². The second kappa shape index (κ2) is 10.9. The van der Waals surface area contributed by atoms with Crippen LogP contribution in [0.25, 0.3) is 10.9 Å². The Balaban J connectivity index is 1.70. The first-order chi connectivity index (χ1) is 14.9. The Morgan fingerprint density at radius 3 is 2.45 bits per heavy atom. The number of amides is 1. The van der Waals surface area contributed by atoms with Gasteiger partial charge in [0.05, 0.1) is 12.1 Å². The molecular formula is C25H33N5O. The predicted octanol–water partition coefficient (Wildman–Crippen LogP) is 3.83. The zero-order chi connectivity index (χ0) is 22.2. The number of hydrogen-bond acceptors (Lipinski definition) is 5. The molecule has 0 aliphatic carbocycles. The van der Waals surface area contributed by atoms with Gasteiger partial charge in [-0.1, -0.05) is 49.4 Å². The largest absolute Gasteiger partial charge is 0.369 e. The minimum absolute atomic E-state index is 0.0982. The lowest BCUT2D eigenvalue weighted by molar-refractivity contribution is -0.134. The molecule has 0 aliphatic rings. The molecule has 164 valence electrons. The van der Waals surface area contributed by atoms with Crippen LogP contribution >= 0.6 is 0 Å². The van der Waals surface area contributed by atoms with E-state index in [9.17, 15) is 4.79 Å². The van der Waals surface area contributed by atoms with E-state index in [1.54, 1.807) is 4.90 Å². The molecule has 1 heterocycles. The lowest BCUT2D eigenvalue weighted by Crippen LogP contribution is -2.32. The van der Waals surface area contributed by atoms with E-state index in [2.05, 4.69) is 36.4 Å². The van der Waals surface area contributed by atoms with Crippen molar-refractivity contribution in [1.29, 1.82) is 0 Å². The standard InChI is InChI=1S/C25H33N5O/c1-19(17-20-11-6-5-7-12-20)25(31)30(4)18-23-27-22-14-9-8-13-21(22)24(28-23)26-15-10-16-29(2)3/h5-9,11-14,19H,10,15-18H2,1-4H3,(H,26,27,28). The normalized spacial score (nSPS) is 12.2. The van der Waals surface area contributed by atoms with Crippen LogP contribution in [-0.2, 0) is 17.8 Å². The Bertz CT molecular complexity index is 990. The predicted molar refractivity (Wildman–Crippen MR) is 127 cm³/mol. The van der Waals surface area contributed by atoms with Crippen molar-refractivity contribution in [3.8, 4) is 0 Å². The molecule has 3 rings (SSSR count). The molecule has 0 radical (unpaired) electrons. The zero-order valence-corrected chi connectivity index (χ0v) is 19.0. The monoisotopic (exact) mass is 419 g/mol. The van der Waals surface area contributed by atoms with Gasteiger partial charge >= 0.3 is 0 Å². The first kappa shape index (κ1) is 22.7. The molecule has 1 atom stereocenters. The molecule has 3 aromatic rings. The zero-order valence-electron chi connectivity index (χ0n) is 19.0. The van der Waals surface area contributed by atoms with E-state index in [1.165, 1.54) is 5.56 Å². The molecule has 0 fully saturated rings. The number of nitrogens with zero attached hydrogens (tertiary/aromatic N) is 4. The van der Waals surface area contributed by atoms with E-state index in [-0.39, 0.29) is 11.8 Å². The van der Waals surface area contributed by atoms with Gasteiger partial charge in [0, 0.05) is 24.9 Å². The van der Waals surface area contributed by atoms with Gasteiger partial charge < -0.3 is 15.1 Å². The van der Waals surface area contributed by atoms with Crippen molar-refractivity contribution in [3.05, 3.63) is 66.0 Å². The maximum atomic E-state index is 12.9. The minimum Gasteiger partial charge on any atom is -0.369 e.